The lowest BCUT2D eigenvalue weighted by atomic mass is 9.94. The van der Waals surface area contributed by atoms with Gasteiger partial charge in [-0.3, -0.25) is 9.89 Å². The van der Waals surface area contributed by atoms with E-state index in [0.29, 0.717) is 17.9 Å². The first-order valence-electron chi connectivity index (χ1n) is 11.7. The van der Waals surface area contributed by atoms with Crippen molar-refractivity contribution in [2.75, 3.05) is 26.2 Å². The van der Waals surface area contributed by atoms with Crippen LogP contribution in [0.4, 0.5) is 0 Å². The SMILES string of the molecule is CCNC(=NCC1CCN(Cc2nc(C)c(C)o2)CC1)NC(C)C(C)c1ccccc1.I. The van der Waals surface area contributed by atoms with Gasteiger partial charge in [-0.1, -0.05) is 37.3 Å². The second kappa shape index (κ2) is 13.2. The van der Waals surface area contributed by atoms with Crippen LogP contribution < -0.4 is 10.6 Å². The number of nitrogens with one attached hydrogen (secondary N) is 2. The first-order chi connectivity index (χ1) is 15.0. The number of aromatic nitrogens is 1. The quantitative estimate of drug-likeness (QED) is 0.278. The number of nitrogens with zero attached hydrogens (tertiary/aromatic N) is 3. The van der Waals surface area contributed by atoms with Crippen LogP contribution >= 0.6 is 24.0 Å². The van der Waals surface area contributed by atoms with Crippen molar-refractivity contribution >= 4 is 29.9 Å². The van der Waals surface area contributed by atoms with E-state index in [1.165, 1.54) is 5.56 Å². The van der Waals surface area contributed by atoms with Gasteiger partial charge in [0.1, 0.15) is 5.76 Å². The van der Waals surface area contributed by atoms with Gasteiger partial charge in [-0.25, -0.2) is 4.98 Å². The summed E-state index contributed by atoms with van der Waals surface area (Å²) in [6, 6.07) is 11.0. The van der Waals surface area contributed by atoms with Gasteiger partial charge in [0.2, 0.25) is 5.89 Å². The highest BCUT2D eigenvalue weighted by atomic mass is 127. The molecule has 1 saturated heterocycles. The van der Waals surface area contributed by atoms with Gasteiger partial charge in [0.15, 0.2) is 5.96 Å². The topological polar surface area (TPSA) is 65.7 Å². The number of halogens is 1. The van der Waals surface area contributed by atoms with Crippen molar-refractivity contribution in [1.82, 2.24) is 20.5 Å². The Kier molecular flexibility index (Phi) is 11.0. The van der Waals surface area contributed by atoms with Crippen LogP contribution in [0.5, 0.6) is 0 Å². The monoisotopic (exact) mass is 553 g/mol. The molecular weight excluding hydrogens is 513 g/mol. The van der Waals surface area contributed by atoms with Crippen molar-refractivity contribution in [3.05, 3.63) is 53.2 Å². The lowest BCUT2D eigenvalue weighted by Gasteiger charge is -2.30. The molecule has 2 unspecified atom stereocenters. The van der Waals surface area contributed by atoms with E-state index in [9.17, 15) is 0 Å². The zero-order valence-corrected chi connectivity index (χ0v) is 22.6. The van der Waals surface area contributed by atoms with Crippen LogP contribution in [-0.2, 0) is 6.54 Å². The number of aryl methyl sites for hydroxylation is 2. The minimum absolute atomic E-state index is 0. The summed E-state index contributed by atoms with van der Waals surface area (Å²) >= 11 is 0. The van der Waals surface area contributed by atoms with Crippen molar-refractivity contribution in [1.29, 1.82) is 0 Å². The van der Waals surface area contributed by atoms with Crippen molar-refractivity contribution in [3.63, 3.8) is 0 Å². The standard InChI is InChI=1S/C25H39N5O.HI/c1-6-26-25(29-19(3)18(2)23-10-8-7-9-11-23)27-16-22-12-14-30(15-13-22)17-24-28-20(4)21(5)31-24;/h7-11,18-19,22H,6,12-17H2,1-5H3,(H2,26,27,29);1H. The van der Waals surface area contributed by atoms with Crippen molar-refractivity contribution in [3.8, 4) is 0 Å². The number of likely N-dealkylation sites (tertiary alicyclic amines) is 1. The second-order valence-electron chi connectivity index (χ2n) is 8.82. The molecule has 1 aromatic heterocycles. The van der Waals surface area contributed by atoms with Crippen molar-refractivity contribution in [2.45, 2.75) is 66.0 Å². The van der Waals surface area contributed by atoms with Gasteiger partial charge in [-0.2, -0.15) is 0 Å². The highest BCUT2D eigenvalue weighted by Gasteiger charge is 2.21. The van der Waals surface area contributed by atoms with Crippen LogP contribution in [0, 0.1) is 19.8 Å². The predicted octanol–water partition coefficient (Wildman–Crippen LogP) is 4.87. The smallest absolute Gasteiger partial charge is 0.208 e. The Bertz CT molecular complexity index is 811. The van der Waals surface area contributed by atoms with E-state index in [-0.39, 0.29) is 24.0 Å². The molecule has 0 radical (unpaired) electrons. The lowest BCUT2D eigenvalue weighted by Crippen LogP contribution is -2.44. The molecule has 3 rings (SSSR count). The zero-order valence-electron chi connectivity index (χ0n) is 20.2. The second-order valence-corrected chi connectivity index (χ2v) is 8.82. The van der Waals surface area contributed by atoms with Crippen LogP contribution in [0.3, 0.4) is 0 Å². The Balaban J connectivity index is 0.00000363. The number of aliphatic imine (C=N–C) groups is 1. The largest absolute Gasteiger partial charge is 0.444 e. The molecule has 0 spiro atoms. The van der Waals surface area contributed by atoms with E-state index in [1.807, 2.05) is 13.8 Å². The summed E-state index contributed by atoms with van der Waals surface area (Å²) in [5, 5.41) is 7.03. The Morgan fingerprint density at radius 1 is 1.19 bits per heavy atom. The first-order valence-corrected chi connectivity index (χ1v) is 11.7. The molecule has 0 amide bonds. The van der Waals surface area contributed by atoms with Gasteiger partial charge in [-0.15, -0.1) is 24.0 Å². The predicted molar refractivity (Wildman–Crippen MR) is 143 cm³/mol. The summed E-state index contributed by atoms with van der Waals surface area (Å²) in [7, 11) is 0. The maximum atomic E-state index is 5.75. The average molecular weight is 554 g/mol. The van der Waals surface area contributed by atoms with Crippen LogP contribution in [-0.4, -0.2) is 48.1 Å². The zero-order chi connectivity index (χ0) is 22.2. The van der Waals surface area contributed by atoms with Crippen molar-refractivity contribution in [2.24, 2.45) is 10.9 Å². The summed E-state index contributed by atoms with van der Waals surface area (Å²) in [6.45, 7) is 15.3. The molecule has 1 aliphatic heterocycles. The molecule has 0 bridgehead atoms. The van der Waals surface area contributed by atoms with E-state index in [4.69, 9.17) is 9.41 Å². The van der Waals surface area contributed by atoms with Crippen molar-refractivity contribution < 1.29 is 4.42 Å². The average Bonchev–Trinajstić information content (AvgIpc) is 3.09. The Morgan fingerprint density at radius 3 is 2.47 bits per heavy atom. The Labute approximate surface area is 210 Å². The Morgan fingerprint density at radius 2 is 1.88 bits per heavy atom. The van der Waals surface area contributed by atoms with Crippen LogP contribution in [0.1, 0.15) is 62.4 Å². The van der Waals surface area contributed by atoms with E-state index in [0.717, 1.165) is 68.9 Å². The molecule has 1 fully saturated rings. The molecule has 178 valence electrons. The number of rotatable bonds is 8. The maximum Gasteiger partial charge on any atom is 0.208 e. The molecule has 6 nitrogen and oxygen atoms in total. The number of piperidine rings is 1. The third-order valence-electron chi connectivity index (χ3n) is 6.43. The molecule has 2 aromatic rings. The molecule has 2 N–H and O–H groups in total. The van der Waals surface area contributed by atoms with E-state index < -0.39 is 0 Å². The number of hydrogen-bond donors (Lipinski definition) is 2. The summed E-state index contributed by atoms with van der Waals surface area (Å²) < 4.78 is 5.75. The van der Waals surface area contributed by atoms with Gasteiger partial charge >= 0.3 is 0 Å². The van der Waals surface area contributed by atoms with Crippen LogP contribution in [0.15, 0.2) is 39.7 Å². The normalized spacial score (nSPS) is 17.5. The number of hydrogen-bond acceptors (Lipinski definition) is 4. The van der Waals surface area contributed by atoms with Gasteiger partial charge < -0.3 is 15.1 Å². The summed E-state index contributed by atoms with van der Waals surface area (Å²) in [4.78, 5) is 11.9. The Hall–Kier alpha value is -1.61. The first kappa shape index (κ1) is 26.6. The van der Waals surface area contributed by atoms with Crippen LogP contribution in [0.2, 0.25) is 0 Å². The lowest BCUT2D eigenvalue weighted by molar-refractivity contribution is 0.166. The number of oxazole rings is 1. The number of guanidine groups is 1. The third-order valence-corrected chi connectivity index (χ3v) is 6.43. The van der Waals surface area contributed by atoms with E-state index >= 15 is 0 Å². The fourth-order valence-corrected chi connectivity index (χ4v) is 4.05. The highest BCUT2D eigenvalue weighted by molar-refractivity contribution is 14.0. The summed E-state index contributed by atoms with van der Waals surface area (Å²) in [6.07, 6.45) is 2.33. The van der Waals surface area contributed by atoms with E-state index in [1.54, 1.807) is 0 Å². The van der Waals surface area contributed by atoms with Gasteiger partial charge in [-0.05, 0) is 65.1 Å². The van der Waals surface area contributed by atoms with Gasteiger partial charge in [0.25, 0.3) is 0 Å². The van der Waals surface area contributed by atoms with Gasteiger partial charge in [0.05, 0.1) is 12.2 Å². The molecule has 1 aromatic carbocycles. The highest BCUT2D eigenvalue weighted by Crippen LogP contribution is 2.21. The van der Waals surface area contributed by atoms with Crippen LogP contribution in [0.25, 0.3) is 0 Å². The maximum absolute atomic E-state index is 5.75. The van der Waals surface area contributed by atoms with Gasteiger partial charge in [0, 0.05) is 25.0 Å². The van der Waals surface area contributed by atoms with E-state index in [2.05, 4.69) is 71.6 Å². The molecule has 1 aliphatic rings. The minimum Gasteiger partial charge on any atom is -0.444 e. The fraction of sp³-hybridized carbons (Fsp3) is 0.600. The molecular formula is C25H40IN5O. The molecule has 0 saturated carbocycles. The number of benzene rings is 1. The molecule has 2 heterocycles. The summed E-state index contributed by atoms with van der Waals surface area (Å²) in [5.74, 6) is 3.73. The molecule has 0 aliphatic carbocycles. The summed E-state index contributed by atoms with van der Waals surface area (Å²) in [5.41, 5.74) is 2.35. The fourth-order valence-electron chi connectivity index (χ4n) is 4.05. The third kappa shape index (κ3) is 7.76. The molecule has 2 atom stereocenters. The molecule has 7 heteroatoms. The minimum atomic E-state index is 0. The molecule has 32 heavy (non-hydrogen) atoms.